The second-order valence-corrected chi connectivity index (χ2v) is 11.8. The van der Waals surface area contributed by atoms with E-state index in [4.69, 9.17) is 14.2 Å². The maximum Gasteiger partial charge on any atom is 0.301 e. The molecule has 226 valence electrons. The fraction of sp³-hybridized carbons (Fsp3) is 0.394. The summed E-state index contributed by atoms with van der Waals surface area (Å²) in [5.74, 6) is -0.430. The van der Waals surface area contributed by atoms with Crippen molar-refractivity contribution in [1.29, 1.82) is 0 Å². The topological polar surface area (TPSA) is 115 Å². The molecule has 0 bridgehead atoms. The monoisotopic (exact) mass is 604 g/mol. The number of benzene rings is 2. The Bertz CT molecular complexity index is 1610. The van der Waals surface area contributed by atoms with E-state index >= 15 is 0 Å². The first-order valence-corrected chi connectivity index (χ1v) is 15.4. The van der Waals surface area contributed by atoms with E-state index in [9.17, 15) is 19.5 Å². The molecular formula is C33H36N2O7S. The highest BCUT2D eigenvalue weighted by Crippen LogP contribution is 2.46. The number of amides is 1. The van der Waals surface area contributed by atoms with Crippen LogP contribution in [0.15, 0.2) is 42.0 Å². The lowest BCUT2D eigenvalue weighted by Crippen LogP contribution is -2.29. The molecule has 1 aromatic heterocycles. The predicted molar refractivity (Wildman–Crippen MR) is 165 cm³/mol. The second kappa shape index (κ2) is 12.6. The summed E-state index contributed by atoms with van der Waals surface area (Å²) in [6.45, 7) is 9.97. The van der Waals surface area contributed by atoms with E-state index in [0.717, 1.165) is 41.9 Å². The standard InChI is InChI=1S/C33H36N2O7S/c1-6-8-9-14-41-25-13-10-21(17-26(25)40-7-2)28-27(29(37)22-11-12-24-23(16-22)15-18(3)42-24)30(38)32(39)35(28)33-34-19(4)31(43-33)20(5)36/h10-13,16-18,28,37H,6-9,14-15H2,1-5H3/b29-27+/t18-,28-/m0/s1. The van der Waals surface area contributed by atoms with Crippen LogP contribution in [0.4, 0.5) is 5.13 Å². The summed E-state index contributed by atoms with van der Waals surface area (Å²) in [5.41, 5.74) is 2.23. The number of aliphatic hydroxyl groups excluding tert-OH is 1. The van der Waals surface area contributed by atoms with Crippen LogP contribution in [-0.4, -0.2) is 46.9 Å². The molecule has 2 aliphatic heterocycles. The van der Waals surface area contributed by atoms with Gasteiger partial charge in [-0.15, -0.1) is 0 Å². The van der Waals surface area contributed by atoms with Gasteiger partial charge in [0.15, 0.2) is 22.4 Å². The first-order valence-electron chi connectivity index (χ1n) is 14.6. The van der Waals surface area contributed by atoms with Gasteiger partial charge in [0.25, 0.3) is 5.78 Å². The second-order valence-electron chi connectivity index (χ2n) is 10.8. The fourth-order valence-corrected chi connectivity index (χ4v) is 6.49. The molecule has 1 saturated heterocycles. The molecule has 2 aromatic carbocycles. The molecule has 2 atom stereocenters. The Morgan fingerprint density at radius 2 is 1.91 bits per heavy atom. The van der Waals surface area contributed by atoms with E-state index < -0.39 is 17.7 Å². The molecule has 5 rings (SSSR count). The van der Waals surface area contributed by atoms with Gasteiger partial charge in [-0.25, -0.2) is 4.98 Å². The Morgan fingerprint density at radius 1 is 1.12 bits per heavy atom. The number of rotatable bonds is 11. The van der Waals surface area contributed by atoms with Crippen LogP contribution in [0.1, 0.15) is 85.1 Å². The summed E-state index contributed by atoms with van der Waals surface area (Å²) in [4.78, 5) is 45.8. The minimum Gasteiger partial charge on any atom is -0.507 e. The van der Waals surface area contributed by atoms with Crippen molar-refractivity contribution in [3.05, 3.63) is 69.2 Å². The van der Waals surface area contributed by atoms with Crippen LogP contribution in [-0.2, 0) is 16.0 Å². The van der Waals surface area contributed by atoms with Gasteiger partial charge >= 0.3 is 5.91 Å². The smallest absolute Gasteiger partial charge is 0.301 e. The number of hydrogen-bond acceptors (Lipinski definition) is 9. The minimum atomic E-state index is -1.03. The number of hydrogen-bond donors (Lipinski definition) is 1. The number of anilines is 1. The van der Waals surface area contributed by atoms with Crippen molar-refractivity contribution in [2.45, 2.75) is 72.4 Å². The fourth-order valence-electron chi connectivity index (χ4n) is 5.50. The van der Waals surface area contributed by atoms with Gasteiger partial charge in [0, 0.05) is 18.9 Å². The average molecular weight is 605 g/mol. The molecule has 0 spiro atoms. The molecule has 9 nitrogen and oxygen atoms in total. The van der Waals surface area contributed by atoms with Crippen molar-refractivity contribution in [3.8, 4) is 17.2 Å². The number of aryl methyl sites for hydroxylation is 1. The van der Waals surface area contributed by atoms with Gasteiger partial charge in [0.05, 0.1) is 35.4 Å². The molecule has 0 radical (unpaired) electrons. The van der Waals surface area contributed by atoms with Gasteiger partial charge in [-0.3, -0.25) is 19.3 Å². The molecule has 3 heterocycles. The SMILES string of the molecule is CCCCCOc1ccc([C@H]2/C(=C(\O)c3ccc4c(c3)C[C@H](C)O4)C(=O)C(=O)N2c2nc(C)c(C(C)=O)s2)cc1OCC. The van der Waals surface area contributed by atoms with Crippen LogP contribution in [0.25, 0.3) is 5.76 Å². The zero-order chi connectivity index (χ0) is 30.8. The van der Waals surface area contributed by atoms with Crippen LogP contribution in [0.3, 0.4) is 0 Å². The molecule has 1 amide bonds. The number of nitrogens with zero attached hydrogens (tertiary/aromatic N) is 2. The van der Waals surface area contributed by atoms with E-state index in [1.54, 1.807) is 43.3 Å². The van der Waals surface area contributed by atoms with E-state index in [2.05, 4.69) is 11.9 Å². The Balaban J connectivity index is 1.65. The van der Waals surface area contributed by atoms with Crippen LogP contribution in [0, 0.1) is 6.92 Å². The minimum absolute atomic E-state index is 0.00119. The summed E-state index contributed by atoms with van der Waals surface area (Å²) >= 11 is 1.04. The number of unbranched alkanes of at least 4 members (excludes halogenated alkanes) is 2. The lowest BCUT2D eigenvalue weighted by molar-refractivity contribution is -0.132. The summed E-state index contributed by atoms with van der Waals surface area (Å²) in [5, 5.41) is 11.9. The Kier molecular flexibility index (Phi) is 8.87. The van der Waals surface area contributed by atoms with E-state index in [0.29, 0.717) is 52.8 Å². The highest BCUT2D eigenvalue weighted by molar-refractivity contribution is 7.18. The number of ketones is 2. The number of fused-ring (bicyclic) bond motifs is 1. The molecular weight excluding hydrogens is 568 g/mol. The van der Waals surface area contributed by atoms with Crippen LogP contribution in [0.2, 0.25) is 0 Å². The summed E-state index contributed by atoms with van der Waals surface area (Å²) < 4.78 is 17.7. The highest BCUT2D eigenvalue weighted by Gasteiger charge is 2.48. The molecule has 10 heteroatoms. The Labute approximate surface area is 255 Å². The van der Waals surface area contributed by atoms with E-state index in [-0.39, 0.29) is 28.4 Å². The molecule has 3 aromatic rings. The third-order valence-corrected chi connectivity index (χ3v) is 8.77. The number of carbonyl (C=O) groups is 3. The zero-order valence-corrected chi connectivity index (χ0v) is 25.9. The molecule has 1 N–H and O–H groups in total. The number of aromatic nitrogens is 1. The van der Waals surface area contributed by atoms with Crippen LogP contribution >= 0.6 is 11.3 Å². The third kappa shape index (κ3) is 5.88. The number of Topliss-reactive ketones (excluding diaryl/α,β-unsaturated/α-hetero) is 2. The van der Waals surface area contributed by atoms with E-state index in [1.807, 2.05) is 13.8 Å². The quantitative estimate of drug-likeness (QED) is 0.0859. The van der Waals surface area contributed by atoms with Crippen molar-refractivity contribution >= 4 is 39.7 Å². The number of thiazole rings is 1. The number of carbonyl (C=O) groups excluding carboxylic acids is 3. The number of ether oxygens (including phenoxy) is 3. The van der Waals surface area contributed by atoms with Crippen molar-refractivity contribution in [2.24, 2.45) is 0 Å². The third-order valence-electron chi connectivity index (χ3n) is 7.51. The number of aliphatic hydroxyl groups is 1. The summed E-state index contributed by atoms with van der Waals surface area (Å²) in [7, 11) is 0. The Morgan fingerprint density at radius 3 is 2.60 bits per heavy atom. The van der Waals surface area contributed by atoms with Gasteiger partial charge in [-0.05, 0) is 68.7 Å². The molecule has 0 unspecified atom stereocenters. The van der Waals surface area contributed by atoms with Gasteiger partial charge in [-0.1, -0.05) is 37.2 Å². The molecule has 2 aliphatic rings. The van der Waals surface area contributed by atoms with Crippen LogP contribution in [0.5, 0.6) is 17.2 Å². The van der Waals surface area contributed by atoms with Crippen LogP contribution < -0.4 is 19.1 Å². The maximum atomic E-state index is 13.7. The van der Waals surface area contributed by atoms with E-state index in [1.165, 1.54) is 11.8 Å². The summed E-state index contributed by atoms with van der Waals surface area (Å²) in [6.07, 6.45) is 3.67. The van der Waals surface area contributed by atoms with Gasteiger partial charge in [0.1, 0.15) is 17.6 Å². The lowest BCUT2D eigenvalue weighted by atomic mass is 9.94. The average Bonchev–Trinajstić information content (AvgIpc) is 3.63. The maximum absolute atomic E-state index is 13.7. The highest BCUT2D eigenvalue weighted by atomic mass is 32.1. The van der Waals surface area contributed by atoms with Crippen molar-refractivity contribution in [3.63, 3.8) is 0 Å². The first-order chi connectivity index (χ1) is 20.6. The molecule has 0 saturated carbocycles. The molecule has 43 heavy (non-hydrogen) atoms. The van der Waals surface area contributed by atoms with Crippen molar-refractivity contribution in [2.75, 3.05) is 18.1 Å². The van der Waals surface area contributed by atoms with Crippen molar-refractivity contribution in [1.82, 2.24) is 4.98 Å². The molecule has 1 fully saturated rings. The lowest BCUT2D eigenvalue weighted by Gasteiger charge is -2.24. The first kappa shape index (κ1) is 30.3. The zero-order valence-electron chi connectivity index (χ0n) is 25.1. The predicted octanol–water partition coefficient (Wildman–Crippen LogP) is 6.57. The van der Waals surface area contributed by atoms with Gasteiger partial charge < -0.3 is 19.3 Å². The normalized spacial score (nSPS) is 19.0. The van der Waals surface area contributed by atoms with Crippen molar-refractivity contribution < 1.29 is 33.7 Å². The van der Waals surface area contributed by atoms with Gasteiger partial charge in [-0.2, -0.15) is 0 Å². The largest absolute Gasteiger partial charge is 0.507 e. The molecule has 0 aliphatic carbocycles. The Hall–Kier alpha value is -4.18. The summed E-state index contributed by atoms with van der Waals surface area (Å²) in [6, 6.07) is 9.46. The van der Waals surface area contributed by atoms with Gasteiger partial charge in [0.2, 0.25) is 0 Å².